The van der Waals surface area contributed by atoms with Crippen molar-refractivity contribution in [3.05, 3.63) is 48.6 Å². The van der Waals surface area contributed by atoms with Crippen LogP contribution in [0, 0.1) is 11.3 Å². The van der Waals surface area contributed by atoms with Crippen molar-refractivity contribution in [3.63, 3.8) is 0 Å². The molecule has 0 aromatic heterocycles. The van der Waals surface area contributed by atoms with Crippen LogP contribution in [-0.2, 0) is 42.9 Å². The third-order valence-electron chi connectivity index (χ3n) is 10.7. The first-order chi connectivity index (χ1) is 25.7. The van der Waals surface area contributed by atoms with Crippen LogP contribution in [0.3, 0.4) is 0 Å². The minimum atomic E-state index is -1.67. The Balaban J connectivity index is 1.20. The van der Waals surface area contributed by atoms with E-state index in [9.17, 15) is 29.4 Å². The minimum Gasteiger partial charge on any atom is -0.480 e. The fraction of sp³-hybridized carbons (Fsp3) is 0.658. The SMILES string of the molecule is C=C1C[C@](OC)(C(O)C(=O)NC2OCO[C@@H]3CC4(CC4)C(CC(=O)CCC/C=C/C=C/C=C/C(=O)NC(CCCN=C(N)N)C(=O)O)O[C@H]23)O[C@H](C)[C@@H]1C. The molecule has 1 saturated carbocycles. The highest BCUT2D eigenvalue weighted by Crippen LogP contribution is 2.58. The predicted molar refractivity (Wildman–Crippen MR) is 197 cm³/mol. The molecule has 4 rings (SSSR count). The van der Waals surface area contributed by atoms with Gasteiger partial charge in [-0.25, -0.2) is 4.79 Å². The number of fused-ring (bicyclic) bond motifs is 1. The number of carboxylic acids is 1. The van der Waals surface area contributed by atoms with Crippen LogP contribution in [0.15, 0.2) is 53.6 Å². The molecule has 3 saturated heterocycles. The number of nitrogens with two attached hydrogens (primary N) is 2. The Labute approximate surface area is 316 Å². The number of carbonyl (C=O) groups is 4. The van der Waals surface area contributed by atoms with Gasteiger partial charge in [0.25, 0.3) is 5.91 Å². The van der Waals surface area contributed by atoms with Crippen LogP contribution >= 0.6 is 0 Å². The monoisotopic (exact) mass is 759 g/mol. The molecule has 3 heterocycles. The molecule has 4 fully saturated rings. The normalized spacial score (nSPS) is 30.2. The Hall–Kier alpha value is -3.93. The number of guanidine groups is 1. The Morgan fingerprint density at radius 2 is 1.85 bits per heavy atom. The molecule has 1 spiro atoms. The third-order valence-corrected chi connectivity index (χ3v) is 10.7. The van der Waals surface area contributed by atoms with Gasteiger partial charge in [-0.2, -0.15) is 0 Å². The average molecular weight is 760 g/mol. The number of ether oxygens (including phenoxy) is 5. The Kier molecular flexibility index (Phi) is 15.5. The first-order valence-corrected chi connectivity index (χ1v) is 18.6. The Morgan fingerprint density at radius 3 is 2.52 bits per heavy atom. The summed E-state index contributed by atoms with van der Waals surface area (Å²) in [6, 6.07) is -1.06. The number of nitrogens with one attached hydrogen (secondary N) is 2. The summed E-state index contributed by atoms with van der Waals surface area (Å²) in [5.41, 5.74) is 11.2. The van der Waals surface area contributed by atoms with Crippen LogP contribution in [0.1, 0.15) is 78.1 Å². The van der Waals surface area contributed by atoms with E-state index in [1.807, 2.05) is 19.9 Å². The quantitative estimate of drug-likeness (QED) is 0.0276. The number of Topliss-reactive ketones (excluding diaryl/α,β-unsaturated/α-hetero) is 1. The van der Waals surface area contributed by atoms with E-state index < -0.39 is 48.0 Å². The molecule has 8 N–H and O–H groups in total. The molecule has 3 aliphatic heterocycles. The van der Waals surface area contributed by atoms with Crippen LogP contribution in [0.2, 0.25) is 0 Å². The van der Waals surface area contributed by atoms with Crippen molar-refractivity contribution >= 4 is 29.5 Å². The number of nitrogens with zero attached hydrogens (tertiary/aromatic N) is 1. The Bertz CT molecular complexity index is 1470. The van der Waals surface area contributed by atoms with Gasteiger partial charge in [0, 0.05) is 44.9 Å². The largest absolute Gasteiger partial charge is 0.480 e. The van der Waals surface area contributed by atoms with Gasteiger partial charge in [-0.05, 0) is 57.3 Å². The Morgan fingerprint density at radius 1 is 1.11 bits per heavy atom. The lowest BCUT2D eigenvalue weighted by Gasteiger charge is -2.48. The summed E-state index contributed by atoms with van der Waals surface area (Å²) >= 11 is 0. The molecule has 300 valence electrons. The lowest BCUT2D eigenvalue weighted by molar-refractivity contribution is -0.303. The lowest BCUT2D eigenvalue weighted by Crippen LogP contribution is -2.64. The summed E-state index contributed by atoms with van der Waals surface area (Å²) in [6.07, 6.45) is 10.8. The van der Waals surface area contributed by atoms with E-state index in [1.165, 1.54) is 19.3 Å². The molecule has 16 heteroatoms. The van der Waals surface area contributed by atoms with E-state index in [0.29, 0.717) is 32.1 Å². The van der Waals surface area contributed by atoms with Crippen molar-refractivity contribution in [3.8, 4) is 0 Å². The molecule has 0 radical (unpaired) electrons. The lowest BCUT2D eigenvalue weighted by atomic mass is 9.83. The van der Waals surface area contributed by atoms with E-state index in [-0.39, 0.29) is 74.0 Å². The van der Waals surface area contributed by atoms with Crippen LogP contribution < -0.4 is 22.1 Å². The van der Waals surface area contributed by atoms with Crippen molar-refractivity contribution in [1.29, 1.82) is 0 Å². The fourth-order valence-corrected chi connectivity index (χ4v) is 7.09. The van der Waals surface area contributed by atoms with E-state index in [0.717, 1.165) is 18.4 Å². The number of aliphatic hydroxyl groups excluding tert-OH is 1. The summed E-state index contributed by atoms with van der Waals surface area (Å²) < 4.78 is 29.7. The molecule has 4 aliphatic rings. The molecular weight excluding hydrogens is 702 g/mol. The minimum absolute atomic E-state index is 0.0349. The second kappa shape index (κ2) is 19.6. The van der Waals surface area contributed by atoms with Crippen molar-refractivity contribution in [1.82, 2.24) is 10.6 Å². The number of aliphatic carboxylic acids is 1. The summed E-state index contributed by atoms with van der Waals surface area (Å²) in [5.74, 6) is -3.97. The molecule has 54 heavy (non-hydrogen) atoms. The van der Waals surface area contributed by atoms with Crippen LogP contribution in [0.25, 0.3) is 0 Å². The smallest absolute Gasteiger partial charge is 0.326 e. The van der Waals surface area contributed by atoms with E-state index in [4.69, 9.17) is 35.2 Å². The average Bonchev–Trinajstić information content (AvgIpc) is 3.90. The highest BCUT2D eigenvalue weighted by atomic mass is 16.7. The summed E-state index contributed by atoms with van der Waals surface area (Å²) in [6.45, 7) is 8.12. The number of unbranched alkanes of at least 4 members (excludes halogenated alkanes) is 1. The molecule has 1 aliphatic carbocycles. The van der Waals surface area contributed by atoms with E-state index in [2.05, 4.69) is 22.2 Å². The number of allylic oxidation sites excluding steroid dienone is 5. The zero-order valence-corrected chi connectivity index (χ0v) is 31.4. The number of methoxy groups -OCH3 is 1. The number of ketones is 1. The van der Waals surface area contributed by atoms with Gasteiger partial charge < -0.3 is 56.0 Å². The number of hydrogen-bond acceptors (Lipinski definition) is 11. The molecule has 0 aromatic carbocycles. The zero-order chi connectivity index (χ0) is 39.5. The zero-order valence-electron chi connectivity index (χ0n) is 31.4. The van der Waals surface area contributed by atoms with Crippen molar-refractivity contribution in [2.24, 2.45) is 27.8 Å². The number of carboxylic acid groups (broad SMARTS) is 1. The van der Waals surface area contributed by atoms with Gasteiger partial charge in [0.05, 0.1) is 18.3 Å². The standard InChI is InChI=1S/C38H57N5O11/c1-23-20-38(50-4,54-25(3)24(23)2)32(46)33(47)43-34-31-28(51-22-52-34)21-37(16-17-37)29(53-31)19-26(44)13-10-8-6-5-7-9-11-15-30(45)42-27(35(48)49)14-12-18-41-36(39)40/h5-7,9,11,15,24-25,27-29,31-32,34,46H,1,8,10,12-14,16-22H2,2-4H3,(H,42,45)(H,43,47)(H,48,49)(H4,39,40,41)/b6-5+,9-7+,15-11+/t24-,25-,27?,28-,29?,31+,32?,34?,38-/m1/s1. The van der Waals surface area contributed by atoms with Crippen molar-refractivity contribution in [2.75, 3.05) is 20.4 Å². The number of aliphatic hydroxyl groups is 1. The first-order valence-electron chi connectivity index (χ1n) is 18.6. The molecular formula is C38H57N5O11. The molecule has 4 unspecified atom stereocenters. The number of rotatable bonds is 19. The van der Waals surface area contributed by atoms with Gasteiger partial charge in [-0.3, -0.25) is 19.4 Å². The maximum atomic E-state index is 13.4. The maximum absolute atomic E-state index is 13.4. The van der Waals surface area contributed by atoms with E-state index >= 15 is 0 Å². The molecule has 0 bridgehead atoms. The van der Waals surface area contributed by atoms with Crippen LogP contribution in [-0.4, -0.2) is 109 Å². The van der Waals surface area contributed by atoms with Crippen molar-refractivity contribution in [2.45, 2.75) is 127 Å². The van der Waals surface area contributed by atoms with Gasteiger partial charge >= 0.3 is 5.97 Å². The number of hydrogen-bond donors (Lipinski definition) is 6. The topological polar surface area (TPSA) is 243 Å². The summed E-state index contributed by atoms with van der Waals surface area (Å²) in [5, 5.41) is 25.7. The summed E-state index contributed by atoms with van der Waals surface area (Å²) in [7, 11) is 1.39. The van der Waals surface area contributed by atoms with Gasteiger partial charge in [0.15, 0.2) is 18.3 Å². The van der Waals surface area contributed by atoms with Gasteiger partial charge in [-0.15, -0.1) is 0 Å². The van der Waals surface area contributed by atoms with Crippen LogP contribution in [0.4, 0.5) is 0 Å². The molecule has 16 nitrogen and oxygen atoms in total. The molecule has 9 atom stereocenters. The highest BCUT2D eigenvalue weighted by Gasteiger charge is 2.59. The van der Waals surface area contributed by atoms with Gasteiger partial charge in [0.2, 0.25) is 11.7 Å². The van der Waals surface area contributed by atoms with Gasteiger partial charge in [0.1, 0.15) is 24.7 Å². The van der Waals surface area contributed by atoms with E-state index in [1.54, 1.807) is 18.2 Å². The molecule has 0 aromatic rings. The third kappa shape index (κ3) is 11.5. The first kappa shape index (κ1) is 42.8. The maximum Gasteiger partial charge on any atom is 0.326 e. The highest BCUT2D eigenvalue weighted by molar-refractivity contribution is 5.91. The number of amides is 2. The number of carbonyl (C=O) groups excluding carboxylic acids is 3. The van der Waals surface area contributed by atoms with Crippen LogP contribution in [0.5, 0.6) is 0 Å². The molecule has 2 amide bonds. The summed E-state index contributed by atoms with van der Waals surface area (Å²) in [4.78, 5) is 53.8. The fourth-order valence-electron chi connectivity index (χ4n) is 7.09. The second-order valence-corrected chi connectivity index (χ2v) is 14.6. The predicted octanol–water partition coefficient (Wildman–Crippen LogP) is 1.87. The second-order valence-electron chi connectivity index (χ2n) is 14.6. The number of aliphatic imine (C=N–C) groups is 1. The van der Waals surface area contributed by atoms with Crippen molar-refractivity contribution < 1.29 is 53.1 Å². The van der Waals surface area contributed by atoms with Gasteiger partial charge in [-0.1, -0.05) is 49.5 Å².